The molecule has 1 saturated heterocycles. The number of carbonyl (C=O) groups is 1. The second-order valence-corrected chi connectivity index (χ2v) is 7.96. The molecular formula is C22H21N7O2S. The Morgan fingerprint density at radius 1 is 0.969 bits per heavy atom. The number of nitrogens with one attached hydrogen (secondary N) is 2. The van der Waals surface area contributed by atoms with Crippen molar-refractivity contribution in [1.82, 2.24) is 29.6 Å². The van der Waals surface area contributed by atoms with E-state index in [1.807, 2.05) is 53.4 Å². The van der Waals surface area contributed by atoms with Gasteiger partial charge in [-0.3, -0.25) is 19.8 Å². The van der Waals surface area contributed by atoms with Crippen LogP contribution < -0.4 is 10.5 Å². The van der Waals surface area contributed by atoms with Crippen molar-refractivity contribution in [2.75, 3.05) is 31.1 Å². The molecule has 9 nitrogen and oxygen atoms in total. The smallest absolute Gasteiger partial charge is 0.276 e. The zero-order valence-corrected chi connectivity index (χ0v) is 18.0. The van der Waals surface area contributed by atoms with Gasteiger partial charge in [-0.2, -0.15) is 0 Å². The fraction of sp³-hybridized carbons (Fsp3) is 0.227. The Kier molecular flexibility index (Phi) is 5.28. The molecule has 3 aromatic heterocycles. The van der Waals surface area contributed by atoms with Crippen LogP contribution in [0.5, 0.6) is 0 Å². The molecule has 1 aliphatic rings. The van der Waals surface area contributed by atoms with E-state index < -0.39 is 6.04 Å². The zero-order valence-electron chi connectivity index (χ0n) is 17.1. The van der Waals surface area contributed by atoms with Crippen molar-refractivity contribution in [3.8, 4) is 0 Å². The average molecular weight is 448 g/mol. The number of piperazine rings is 1. The van der Waals surface area contributed by atoms with Crippen molar-refractivity contribution in [2.45, 2.75) is 6.04 Å². The number of benzene rings is 1. The van der Waals surface area contributed by atoms with Crippen molar-refractivity contribution in [2.24, 2.45) is 0 Å². The molecule has 4 heterocycles. The third kappa shape index (κ3) is 3.58. The van der Waals surface area contributed by atoms with Gasteiger partial charge in [0.2, 0.25) is 5.91 Å². The molecule has 1 unspecified atom stereocenters. The third-order valence-electron chi connectivity index (χ3n) is 5.71. The molecule has 1 fully saturated rings. The van der Waals surface area contributed by atoms with Gasteiger partial charge in [0.25, 0.3) is 5.56 Å². The summed E-state index contributed by atoms with van der Waals surface area (Å²) in [5.74, 6) is 0.823. The van der Waals surface area contributed by atoms with Crippen molar-refractivity contribution in [1.29, 1.82) is 0 Å². The minimum Gasteiger partial charge on any atom is -0.353 e. The number of nitrogens with zero attached hydrogens (tertiary/aromatic N) is 5. The van der Waals surface area contributed by atoms with Gasteiger partial charge in [0, 0.05) is 32.4 Å². The number of fused-ring (bicyclic) bond motifs is 1. The Morgan fingerprint density at radius 3 is 2.44 bits per heavy atom. The van der Waals surface area contributed by atoms with Crippen LogP contribution in [-0.4, -0.2) is 61.7 Å². The highest BCUT2D eigenvalue weighted by Crippen LogP contribution is 2.24. The number of carbonyl (C=O) groups excluding carboxylic acids is 1. The quantitative estimate of drug-likeness (QED) is 0.465. The van der Waals surface area contributed by atoms with Gasteiger partial charge in [-0.05, 0) is 17.7 Å². The van der Waals surface area contributed by atoms with Gasteiger partial charge in [0.05, 0.1) is 6.33 Å². The lowest BCUT2D eigenvalue weighted by atomic mass is 10.0. The standard InChI is InChI=1S/C22H21N7O2S/c30-20-17-19(25-26-20)24-14-29(22(17)32)18(15-6-2-1-3-7-15)21(31)28-12-10-27(11-13-28)16-8-4-5-9-23-16/h1-9,14,18H,10-13H2,(H2,25,26,30). The second kappa shape index (κ2) is 8.39. The first-order valence-electron chi connectivity index (χ1n) is 10.3. The van der Waals surface area contributed by atoms with Crippen molar-refractivity contribution in [3.63, 3.8) is 0 Å². The summed E-state index contributed by atoms with van der Waals surface area (Å²) in [7, 11) is 0. The Balaban J connectivity index is 1.48. The second-order valence-electron chi connectivity index (χ2n) is 7.57. The Hall–Kier alpha value is -3.79. The van der Waals surface area contributed by atoms with Gasteiger partial charge >= 0.3 is 0 Å². The maximum absolute atomic E-state index is 13.8. The summed E-state index contributed by atoms with van der Waals surface area (Å²) in [4.78, 5) is 38.7. The fourth-order valence-electron chi connectivity index (χ4n) is 4.06. The van der Waals surface area contributed by atoms with Crippen molar-refractivity contribution in [3.05, 3.63) is 81.6 Å². The summed E-state index contributed by atoms with van der Waals surface area (Å²) >= 11 is 5.61. The average Bonchev–Trinajstić information content (AvgIpc) is 3.23. The molecule has 1 aromatic carbocycles. The zero-order chi connectivity index (χ0) is 22.1. The van der Waals surface area contributed by atoms with E-state index >= 15 is 0 Å². The molecule has 2 N–H and O–H groups in total. The lowest BCUT2D eigenvalue weighted by molar-refractivity contribution is -0.133. The molecule has 5 rings (SSSR count). The van der Waals surface area contributed by atoms with E-state index in [0.29, 0.717) is 31.8 Å². The normalized spacial score (nSPS) is 15.1. The number of amides is 1. The highest BCUT2D eigenvalue weighted by Gasteiger charge is 2.31. The lowest BCUT2D eigenvalue weighted by Gasteiger charge is -2.37. The maximum Gasteiger partial charge on any atom is 0.276 e. The van der Waals surface area contributed by atoms with Crippen LogP contribution in [0.4, 0.5) is 5.82 Å². The van der Waals surface area contributed by atoms with Gasteiger partial charge in [0.1, 0.15) is 21.9 Å². The number of H-pyrrole nitrogens is 2. The maximum atomic E-state index is 13.8. The Bertz CT molecular complexity index is 1360. The van der Waals surface area contributed by atoms with E-state index in [0.717, 1.165) is 11.4 Å². The number of aromatic nitrogens is 5. The van der Waals surface area contributed by atoms with Crippen LogP contribution in [0.2, 0.25) is 0 Å². The van der Waals surface area contributed by atoms with Crippen LogP contribution >= 0.6 is 12.2 Å². The summed E-state index contributed by atoms with van der Waals surface area (Å²) in [6.07, 6.45) is 3.29. The summed E-state index contributed by atoms with van der Waals surface area (Å²) in [5, 5.41) is 5.49. The first kappa shape index (κ1) is 20.1. The van der Waals surface area contributed by atoms with E-state index in [-0.39, 0.29) is 21.5 Å². The summed E-state index contributed by atoms with van der Waals surface area (Å²) in [5.41, 5.74) is 0.809. The molecule has 0 aliphatic carbocycles. The van der Waals surface area contributed by atoms with E-state index in [4.69, 9.17) is 12.2 Å². The summed E-state index contributed by atoms with van der Waals surface area (Å²) < 4.78 is 1.88. The van der Waals surface area contributed by atoms with Gasteiger partial charge in [-0.15, -0.1) is 0 Å². The monoisotopic (exact) mass is 447 g/mol. The Labute approximate surface area is 188 Å². The molecular weight excluding hydrogens is 426 g/mol. The van der Waals surface area contributed by atoms with Gasteiger partial charge in [-0.25, -0.2) is 9.97 Å². The van der Waals surface area contributed by atoms with E-state index in [1.165, 1.54) is 6.33 Å². The molecule has 32 heavy (non-hydrogen) atoms. The van der Waals surface area contributed by atoms with E-state index in [9.17, 15) is 9.59 Å². The first-order chi connectivity index (χ1) is 15.6. The SMILES string of the molecule is O=C(C(c1ccccc1)n1cnc2[nH][nH]c(=O)c2c1=S)N1CCN(c2ccccn2)CC1. The molecule has 162 valence electrons. The predicted octanol–water partition coefficient (Wildman–Crippen LogP) is 2.12. The van der Waals surface area contributed by atoms with Crippen LogP contribution in [-0.2, 0) is 4.79 Å². The number of hydrogen-bond donors (Lipinski definition) is 2. The van der Waals surface area contributed by atoms with Crippen LogP contribution in [0, 0.1) is 4.64 Å². The number of hydrogen-bond acceptors (Lipinski definition) is 6. The Morgan fingerprint density at radius 2 is 1.72 bits per heavy atom. The van der Waals surface area contributed by atoms with Crippen LogP contribution in [0.15, 0.2) is 65.8 Å². The molecule has 4 aromatic rings. The fourth-order valence-corrected chi connectivity index (χ4v) is 4.40. The molecule has 10 heteroatoms. The minimum atomic E-state index is -0.712. The number of pyridine rings is 1. The molecule has 1 aliphatic heterocycles. The summed E-state index contributed by atoms with van der Waals surface area (Å²) in [6.45, 7) is 2.49. The predicted molar refractivity (Wildman–Crippen MR) is 123 cm³/mol. The molecule has 1 amide bonds. The van der Waals surface area contributed by atoms with Gasteiger partial charge in [-0.1, -0.05) is 48.6 Å². The van der Waals surface area contributed by atoms with Crippen molar-refractivity contribution < 1.29 is 4.79 Å². The molecule has 0 bridgehead atoms. The largest absolute Gasteiger partial charge is 0.353 e. The van der Waals surface area contributed by atoms with E-state index in [2.05, 4.69) is 25.1 Å². The third-order valence-corrected chi connectivity index (χ3v) is 6.12. The van der Waals surface area contributed by atoms with Crippen molar-refractivity contribution >= 4 is 35.0 Å². The van der Waals surface area contributed by atoms with Crippen LogP contribution in [0.3, 0.4) is 0 Å². The van der Waals surface area contributed by atoms with Gasteiger partial charge < -0.3 is 14.4 Å². The minimum absolute atomic E-state index is 0.0823. The first-order valence-corrected chi connectivity index (χ1v) is 10.7. The van der Waals surface area contributed by atoms with Crippen LogP contribution in [0.1, 0.15) is 11.6 Å². The lowest BCUT2D eigenvalue weighted by Crippen LogP contribution is -2.51. The highest BCUT2D eigenvalue weighted by atomic mass is 32.1. The topological polar surface area (TPSA) is 103 Å². The number of aromatic amines is 2. The molecule has 1 atom stereocenters. The highest BCUT2D eigenvalue weighted by molar-refractivity contribution is 7.71. The van der Waals surface area contributed by atoms with Gasteiger partial charge in [0.15, 0.2) is 5.65 Å². The van der Waals surface area contributed by atoms with E-state index in [1.54, 1.807) is 10.8 Å². The molecule has 0 spiro atoms. The summed E-state index contributed by atoms with van der Waals surface area (Å²) in [6, 6.07) is 14.5. The van der Waals surface area contributed by atoms with Crippen LogP contribution in [0.25, 0.3) is 11.0 Å². The number of anilines is 1. The molecule has 0 radical (unpaired) electrons. The number of rotatable bonds is 4. The molecule has 0 saturated carbocycles.